The molecular weight excluding hydrogens is 541 g/mol. The molecule has 0 bridgehead atoms. The third-order valence-electron chi connectivity index (χ3n) is 5.75. The van der Waals surface area contributed by atoms with Crippen LogP contribution in [0.4, 0.5) is 5.69 Å². The molecule has 1 atom stereocenters. The first-order valence-electron chi connectivity index (χ1n) is 11.1. The van der Waals surface area contributed by atoms with Gasteiger partial charge in [-0.1, -0.05) is 54.7 Å². The van der Waals surface area contributed by atoms with Crippen LogP contribution in [0.1, 0.15) is 42.1 Å². The van der Waals surface area contributed by atoms with Crippen LogP contribution < -0.4 is 15.4 Å². The fourth-order valence-corrected chi connectivity index (χ4v) is 4.59. The van der Waals surface area contributed by atoms with E-state index in [1.54, 1.807) is 18.2 Å². The average molecular weight is 563 g/mol. The molecule has 0 aliphatic rings. The van der Waals surface area contributed by atoms with Gasteiger partial charge in [0.25, 0.3) is 5.91 Å². The molecule has 10 heteroatoms. The summed E-state index contributed by atoms with van der Waals surface area (Å²) in [5.41, 5.74) is 4.09. The standard InChI is InChI=1S/C26H22Cl3N3O3S/c1-4-13(2)14-6-8-22-21(11-14)30-25(35-22)15-5-7-17(27)20(12-15)31-26(36)32-24(33)16-9-18(28)23(34-3)19(29)10-16/h5-13H,4H2,1-3H3,(H2,31,32,33,36). The molecule has 0 saturated carbocycles. The first-order chi connectivity index (χ1) is 17.2. The number of fused-ring (bicyclic) bond motifs is 1. The number of rotatable bonds is 6. The first-order valence-corrected chi connectivity index (χ1v) is 12.6. The van der Waals surface area contributed by atoms with E-state index >= 15 is 0 Å². The second-order valence-corrected chi connectivity index (χ2v) is 9.76. The summed E-state index contributed by atoms with van der Waals surface area (Å²) in [4.78, 5) is 17.3. The highest BCUT2D eigenvalue weighted by Gasteiger charge is 2.16. The predicted molar refractivity (Wildman–Crippen MR) is 150 cm³/mol. The Bertz CT molecular complexity index is 1450. The number of carbonyl (C=O) groups is 1. The lowest BCUT2D eigenvalue weighted by molar-refractivity contribution is 0.0977. The number of nitrogens with zero attached hydrogens (tertiary/aromatic N) is 1. The number of amides is 1. The Balaban J connectivity index is 1.52. The summed E-state index contributed by atoms with van der Waals surface area (Å²) in [5.74, 6) is 0.669. The Morgan fingerprint density at radius 2 is 1.81 bits per heavy atom. The fraction of sp³-hybridized carbons (Fsp3) is 0.192. The highest BCUT2D eigenvalue weighted by Crippen LogP contribution is 2.34. The highest BCUT2D eigenvalue weighted by molar-refractivity contribution is 7.80. The number of hydrogen-bond acceptors (Lipinski definition) is 5. The van der Waals surface area contributed by atoms with Crippen molar-refractivity contribution in [2.24, 2.45) is 0 Å². The van der Waals surface area contributed by atoms with E-state index in [-0.39, 0.29) is 26.5 Å². The lowest BCUT2D eigenvalue weighted by Crippen LogP contribution is -2.34. The van der Waals surface area contributed by atoms with Gasteiger partial charge in [0.15, 0.2) is 16.4 Å². The van der Waals surface area contributed by atoms with E-state index in [9.17, 15) is 4.79 Å². The van der Waals surface area contributed by atoms with Gasteiger partial charge in [-0.25, -0.2) is 4.98 Å². The molecule has 0 radical (unpaired) electrons. The molecule has 1 aromatic heterocycles. The monoisotopic (exact) mass is 561 g/mol. The maximum Gasteiger partial charge on any atom is 0.257 e. The number of aromatic nitrogens is 1. The number of thiocarbonyl (C=S) groups is 1. The molecule has 1 unspecified atom stereocenters. The van der Waals surface area contributed by atoms with Crippen LogP contribution in [0.2, 0.25) is 15.1 Å². The topological polar surface area (TPSA) is 76.4 Å². The van der Waals surface area contributed by atoms with Gasteiger partial charge in [0.1, 0.15) is 5.52 Å². The molecule has 1 heterocycles. The second kappa shape index (κ2) is 11.0. The molecule has 2 N–H and O–H groups in total. The number of anilines is 1. The predicted octanol–water partition coefficient (Wildman–Crippen LogP) is 8.10. The van der Waals surface area contributed by atoms with E-state index in [0.717, 1.165) is 11.9 Å². The number of methoxy groups -OCH3 is 1. The minimum atomic E-state index is -0.498. The van der Waals surface area contributed by atoms with E-state index in [0.29, 0.717) is 33.7 Å². The van der Waals surface area contributed by atoms with Crippen molar-refractivity contribution in [3.05, 3.63) is 74.7 Å². The summed E-state index contributed by atoms with van der Waals surface area (Å²) in [5, 5.41) is 6.40. The second-order valence-electron chi connectivity index (χ2n) is 8.13. The van der Waals surface area contributed by atoms with E-state index < -0.39 is 5.91 Å². The lowest BCUT2D eigenvalue weighted by Gasteiger charge is -2.13. The van der Waals surface area contributed by atoms with Crippen molar-refractivity contribution in [2.45, 2.75) is 26.2 Å². The molecule has 3 aromatic carbocycles. The third kappa shape index (κ3) is 5.60. The Morgan fingerprint density at radius 3 is 2.47 bits per heavy atom. The number of oxazole rings is 1. The summed E-state index contributed by atoms with van der Waals surface area (Å²) in [6, 6.07) is 14.2. The first kappa shape index (κ1) is 26.2. The molecule has 6 nitrogen and oxygen atoms in total. The van der Waals surface area contributed by atoms with Gasteiger partial charge in [-0.15, -0.1) is 0 Å². The zero-order chi connectivity index (χ0) is 26.0. The Labute approximate surface area is 228 Å². The van der Waals surface area contributed by atoms with Crippen molar-refractivity contribution in [1.82, 2.24) is 10.3 Å². The van der Waals surface area contributed by atoms with Crippen LogP contribution in [0.15, 0.2) is 52.9 Å². The van der Waals surface area contributed by atoms with Crippen molar-refractivity contribution >= 4 is 74.8 Å². The summed E-state index contributed by atoms with van der Waals surface area (Å²) in [6.07, 6.45) is 1.04. The number of nitrogens with one attached hydrogen (secondary N) is 2. The average Bonchev–Trinajstić information content (AvgIpc) is 3.28. The fourth-order valence-electron chi connectivity index (χ4n) is 3.58. The Morgan fingerprint density at radius 1 is 1.08 bits per heavy atom. The van der Waals surface area contributed by atoms with Gasteiger partial charge in [-0.05, 0) is 72.6 Å². The van der Waals surface area contributed by atoms with Gasteiger partial charge in [0.2, 0.25) is 5.89 Å². The van der Waals surface area contributed by atoms with Gasteiger partial charge in [0, 0.05) is 11.1 Å². The SMILES string of the molecule is CCC(C)c1ccc2oc(-c3ccc(Cl)c(NC(=S)NC(=O)c4cc(Cl)c(OC)c(Cl)c4)c3)nc2c1. The number of halogens is 3. The molecular formula is C26H22Cl3N3O3S. The number of carbonyl (C=O) groups excluding carboxylic acids is 1. The van der Waals surface area contributed by atoms with Crippen LogP contribution in [0.25, 0.3) is 22.6 Å². The summed E-state index contributed by atoms with van der Waals surface area (Å²) >= 11 is 24.0. The third-order valence-corrected chi connectivity index (χ3v) is 6.84. The van der Waals surface area contributed by atoms with Crippen molar-refractivity contribution < 1.29 is 13.9 Å². The van der Waals surface area contributed by atoms with E-state index in [1.165, 1.54) is 24.8 Å². The summed E-state index contributed by atoms with van der Waals surface area (Å²) in [7, 11) is 1.44. The van der Waals surface area contributed by atoms with Crippen molar-refractivity contribution in [3.63, 3.8) is 0 Å². The smallest absolute Gasteiger partial charge is 0.257 e. The van der Waals surface area contributed by atoms with Crippen LogP contribution in [-0.4, -0.2) is 23.1 Å². The molecule has 0 saturated heterocycles. The van der Waals surface area contributed by atoms with Gasteiger partial charge in [-0.2, -0.15) is 0 Å². The summed E-state index contributed by atoms with van der Waals surface area (Å²) in [6.45, 7) is 4.33. The zero-order valence-electron chi connectivity index (χ0n) is 19.6. The quantitative estimate of drug-likeness (QED) is 0.231. The molecule has 0 aliphatic heterocycles. The molecule has 4 aromatic rings. The molecule has 0 fully saturated rings. The number of hydrogen-bond donors (Lipinski definition) is 2. The zero-order valence-corrected chi connectivity index (χ0v) is 22.7. The van der Waals surface area contributed by atoms with E-state index in [4.69, 9.17) is 56.2 Å². The number of ether oxygens (including phenoxy) is 1. The van der Waals surface area contributed by atoms with Gasteiger partial charge in [-0.3, -0.25) is 10.1 Å². The molecule has 0 aliphatic carbocycles. The molecule has 0 spiro atoms. The minimum Gasteiger partial charge on any atom is -0.494 e. The van der Waals surface area contributed by atoms with Crippen molar-refractivity contribution in [3.8, 4) is 17.2 Å². The minimum absolute atomic E-state index is 0.0397. The molecule has 1 amide bonds. The van der Waals surface area contributed by atoms with Crippen molar-refractivity contribution in [2.75, 3.05) is 12.4 Å². The summed E-state index contributed by atoms with van der Waals surface area (Å²) < 4.78 is 11.1. The molecule has 4 rings (SSSR count). The van der Waals surface area contributed by atoms with E-state index in [2.05, 4.69) is 35.5 Å². The maximum absolute atomic E-state index is 12.7. The van der Waals surface area contributed by atoms with Crippen molar-refractivity contribution in [1.29, 1.82) is 0 Å². The Hall–Kier alpha value is -2.84. The van der Waals surface area contributed by atoms with Crippen LogP contribution in [0, 0.1) is 0 Å². The van der Waals surface area contributed by atoms with E-state index in [1.807, 2.05) is 12.1 Å². The van der Waals surface area contributed by atoms with Gasteiger partial charge in [0.05, 0.1) is 27.9 Å². The Kier molecular flexibility index (Phi) is 8.05. The molecule has 36 heavy (non-hydrogen) atoms. The largest absolute Gasteiger partial charge is 0.494 e. The van der Waals surface area contributed by atoms with Crippen LogP contribution in [0.3, 0.4) is 0 Å². The normalized spacial score (nSPS) is 11.8. The maximum atomic E-state index is 12.7. The van der Waals surface area contributed by atoms with Gasteiger partial charge >= 0.3 is 0 Å². The van der Waals surface area contributed by atoms with Gasteiger partial charge < -0.3 is 14.5 Å². The van der Waals surface area contributed by atoms with Crippen LogP contribution >= 0.6 is 47.0 Å². The molecule has 186 valence electrons. The highest BCUT2D eigenvalue weighted by atomic mass is 35.5. The number of benzene rings is 3. The lowest BCUT2D eigenvalue weighted by atomic mass is 9.98. The van der Waals surface area contributed by atoms with Crippen LogP contribution in [0.5, 0.6) is 5.75 Å². The van der Waals surface area contributed by atoms with Crippen LogP contribution in [-0.2, 0) is 0 Å².